The highest BCUT2D eigenvalue weighted by atomic mass is 16.6. The van der Waals surface area contributed by atoms with E-state index in [1.54, 1.807) is 48.5 Å². The van der Waals surface area contributed by atoms with Crippen molar-refractivity contribution in [3.63, 3.8) is 0 Å². The lowest BCUT2D eigenvalue weighted by Gasteiger charge is -2.11. The van der Waals surface area contributed by atoms with Crippen LogP contribution in [-0.2, 0) is 0 Å². The maximum atomic E-state index is 11.8. The molecule has 0 aliphatic rings. The summed E-state index contributed by atoms with van der Waals surface area (Å²) in [7, 11) is 0. The largest absolute Gasteiger partial charge is 0.494 e. The molecule has 2 N–H and O–H groups in total. The van der Waals surface area contributed by atoms with Gasteiger partial charge in [-0.2, -0.15) is 0 Å². The quantitative estimate of drug-likeness (QED) is 0.237. The minimum absolute atomic E-state index is 0.0696. The number of benzene rings is 3. The van der Waals surface area contributed by atoms with Crippen molar-refractivity contribution in [2.75, 3.05) is 17.2 Å². The Kier molecular flexibility index (Phi) is 6.60. The second-order valence-electron chi connectivity index (χ2n) is 6.82. The fourth-order valence-electron chi connectivity index (χ4n) is 3.04. The van der Waals surface area contributed by atoms with Gasteiger partial charge in [-0.15, -0.1) is 0 Å². The zero-order valence-corrected chi connectivity index (χ0v) is 17.8. The summed E-state index contributed by atoms with van der Waals surface area (Å²) < 4.78 is 11.2. The zero-order valence-electron chi connectivity index (χ0n) is 17.8. The molecule has 1 aromatic heterocycles. The van der Waals surface area contributed by atoms with E-state index in [-0.39, 0.29) is 17.3 Å². The van der Waals surface area contributed by atoms with Crippen molar-refractivity contribution < 1.29 is 14.4 Å². The Bertz CT molecular complexity index is 1220. The monoisotopic (exact) mass is 443 g/mol. The number of aromatic nitrogens is 2. The molecule has 166 valence electrons. The molecule has 0 aliphatic heterocycles. The van der Waals surface area contributed by atoms with E-state index in [0.717, 1.165) is 5.75 Å². The Morgan fingerprint density at radius 3 is 1.82 bits per heavy atom. The van der Waals surface area contributed by atoms with Crippen molar-refractivity contribution in [1.82, 2.24) is 9.97 Å². The van der Waals surface area contributed by atoms with E-state index in [2.05, 4.69) is 20.6 Å². The maximum absolute atomic E-state index is 11.8. The number of nitrogens with one attached hydrogen (secondary N) is 2. The van der Waals surface area contributed by atoms with Crippen LogP contribution in [-0.4, -0.2) is 21.5 Å². The number of hydrogen-bond donors (Lipinski definition) is 2. The van der Waals surface area contributed by atoms with Crippen LogP contribution in [0.15, 0.2) is 85.2 Å². The van der Waals surface area contributed by atoms with E-state index in [9.17, 15) is 10.1 Å². The molecule has 0 radical (unpaired) electrons. The predicted octanol–water partition coefficient (Wildman–Crippen LogP) is 6.06. The molecular weight excluding hydrogens is 422 g/mol. The minimum atomic E-state index is -0.522. The fraction of sp³-hybridized carbons (Fsp3) is 0.0833. The van der Waals surface area contributed by atoms with E-state index in [4.69, 9.17) is 9.47 Å². The second kappa shape index (κ2) is 10.1. The summed E-state index contributed by atoms with van der Waals surface area (Å²) >= 11 is 0. The number of nitro groups is 1. The van der Waals surface area contributed by atoms with Gasteiger partial charge in [0.2, 0.25) is 11.6 Å². The molecule has 1 heterocycles. The van der Waals surface area contributed by atoms with Crippen molar-refractivity contribution in [3.8, 4) is 17.2 Å². The smallest absolute Gasteiger partial charge is 0.353 e. The minimum Gasteiger partial charge on any atom is -0.494 e. The summed E-state index contributed by atoms with van der Waals surface area (Å²) in [5.74, 6) is 2.21. The van der Waals surface area contributed by atoms with E-state index >= 15 is 0 Å². The summed E-state index contributed by atoms with van der Waals surface area (Å²) in [4.78, 5) is 19.4. The lowest BCUT2D eigenvalue weighted by molar-refractivity contribution is -0.383. The van der Waals surface area contributed by atoms with Crippen LogP contribution >= 0.6 is 0 Å². The molecule has 0 aliphatic carbocycles. The van der Waals surface area contributed by atoms with Gasteiger partial charge in [-0.05, 0) is 67.6 Å². The van der Waals surface area contributed by atoms with E-state index in [1.807, 2.05) is 37.3 Å². The van der Waals surface area contributed by atoms with Gasteiger partial charge < -0.3 is 20.1 Å². The molecule has 0 fully saturated rings. The van der Waals surface area contributed by atoms with Crippen molar-refractivity contribution in [1.29, 1.82) is 0 Å². The van der Waals surface area contributed by atoms with Crippen LogP contribution in [0.25, 0.3) is 0 Å². The van der Waals surface area contributed by atoms with Gasteiger partial charge in [0.1, 0.15) is 23.6 Å². The number of anilines is 4. The van der Waals surface area contributed by atoms with Gasteiger partial charge in [0.05, 0.1) is 11.5 Å². The van der Waals surface area contributed by atoms with Crippen LogP contribution < -0.4 is 20.1 Å². The maximum Gasteiger partial charge on any atom is 0.353 e. The summed E-state index contributed by atoms with van der Waals surface area (Å²) in [6.07, 6.45) is 1.26. The number of nitrogens with zero attached hydrogens (tertiary/aromatic N) is 3. The lowest BCUT2D eigenvalue weighted by Crippen LogP contribution is -2.05. The molecule has 33 heavy (non-hydrogen) atoms. The average Bonchev–Trinajstić information content (AvgIpc) is 2.82. The van der Waals surface area contributed by atoms with E-state index < -0.39 is 4.92 Å². The third-order valence-electron chi connectivity index (χ3n) is 4.53. The normalized spacial score (nSPS) is 10.3. The predicted molar refractivity (Wildman–Crippen MR) is 126 cm³/mol. The molecule has 9 nitrogen and oxygen atoms in total. The van der Waals surface area contributed by atoms with Crippen LogP contribution in [0.4, 0.5) is 28.7 Å². The first-order chi connectivity index (χ1) is 16.1. The highest BCUT2D eigenvalue weighted by molar-refractivity contribution is 5.76. The van der Waals surface area contributed by atoms with Gasteiger partial charge in [-0.25, -0.2) is 9.97 Å². The summed E-state index contributed by atoms with van der Waals surface area (Å²) in [6.45, 7) is 2.45. The van der Waals surface area contributed by atoms with Crippen molar-refractivity contribution in [3.05, 3.63) is 95.3 Å². The van der Waals surface area contributed by atoms with Gasteiger partial charge in [-0.3, -0.25) is 10.1 Å². The summed E-state index contributed by atoms with van der Waals surface area (Å²) in [6, 6.07) is 23.5. The first-order valence-corrected chi connectivity index (χ1v) is 10.2. The highest BCUT2D eigenvalue weighted by Crippen LogP contribution is 2.34. The topological polar surface area (TPSA) is 111 Å². The van der Waals surface area contributed by atoms with Gasteiger partial charge >= 0.3 is 5.69 Å². The number of rotatable bonds is 9. The number of para-hydroxylation sites is 1. The number of hydrogen-bond acceptors (Lipinski definition) is 8. The zero-order chi connectivity index (χ0) is 23.0. The summed E-state index contributed by atoms with van der Waals surface area (Å²) in [5, 5.41) is 17.8. The first kappa shape index (κ1) is 21.6. The van der Waals surface area contributed by atoms with Crippen LogP contribution in [0.5, 0.6) is 17.2 Å². The van der Waals surface area contributed by atoms with Gasteiger partial charge in [0.15, 0.2) is 0 Å². The molecule has 0 saturated heterocycles. The Morgan fingerprint density at radius 2 is 1.30 bits per heavy atom. The van der Waals surface area contributed by atoms with Crippen LogP contribution in [0.3, 0.4) is 0 Å². The molecule has 9 heteroatoms. The molecule has 0 saturated carbocycles. The molecule has 0 unspecified atom stereocenters. The van der Waals surface area contributed by atoms with Gasteiger partial charge in [-0.1, -0.05) is 18.2 Å². The summed E-state index contributed by atoms with van der Waals surface area (Å²) in [5.41, 5.74) is 0.980. The van der Waals surface area contributed by atoms with Crippen LogP contribution in [0, 0.1) is 10.1 Å². The molecule has 4 aromatic rings. The van der Waals surface area contributed by atoms with Gasteiger partial charge in [0, 0.05) is 11.4 Å². The highest BCUT2D eigenvalue weighted by Gasteiger charge is 2.23. The van der Waals surface area contributed by atoms with Gasteiger partial charge in [0.25, 0.3) is 0 Å². The fourth-order valence-corrected chi connectivity index (χ4v) is 3.04. The SMILES string of the molecule is CCOc1ccc(Nc2ncnc(Nc3ccc(Oc4ccccc4)cc3)c2[N+](=O)[O-])cc1. The van der Waals surface area contributed by atoms with E-state index in [1.165, 1.54) is 6.33 Å². The molecule has 0 amide bonds. The Labute approximate surface area is 190 Å². The van der Waals surface area contributed by atoms with Crippen molar-refractivity contribution in [2.45, 2.75) is 6.92 Å². The molecule has 0 bridgehead atoms. The van der Waals surface area contributed by atoms with Crippen molar-refractivity contribution >= 4 is 28.7 Å². The molecule has 0 atom stereocenters. The van der Waals surface area contributed by atoms with Crippen LogP contribution in [0.2, 0.25) is 0 Å². The molecule has 4 rings (SSSR count). The van der Waals surface area contributed by atoms with Crippen LogP contribution in [0.1, 0.15) is 6.92 Å². The lowest BCUT2D eigenvalue weighted by atomic mass is 10.2. The van der Waals surface area contributed by atoms with E-state index in [0.29, 0.717) is 29.5 Å². The Hall–Kier alpha value is -4.66. The molecule has 0 spiro atoms. The Morgan fingerprint density at radius 1 is 0.788 bits per heavy atom. The van der Waals surface area contributed by atoms with Crippen molar-refractivity contribution in [2.24, 2.45) is 0 Å². The number of ether oxygens (including phenoxy) is 2. The Balaban J connectivity index is 1.52. The molecule has 3 aromatic carbocycles. The first-order valence-electron chi connectivity index (χ1n) is 10.2. The third kappa shape index (κ3) is 5.53. The molecular formula is C24H21N5O4. The third-order valence-corrected chi connectivity index (χ3v) is 4.53. The second-order valence-corrected chi connectivity index (χ2v) is 6.82. The average molecular weight is 443 g/mol. The standard InChI is InChI=1S/C24H21N5O4/c1-2-32-19-12-8-17(9-13-19)27-23-22(29(30)31)24(26-16-25-23)28-18-10-14-21(15-11-18)33-20-6-4-3-5-7-20/h3-16H,2H2,1H3,(H2,25,26,27,28).